The largest absolute Gasteiger partial charge is 0.507 e. The second-order valence-corrected chi connectivity index (χ2v) is 7.41. The van der Waals surface area contributed by atoms with Crippen molar-refractivity contribution >= 4 is 32.6 Å². The van der Waals surface area contributed by atoms with Gasteiger partial charge in [-0.05, 0) is 55.3 Å². The molecule has 4 rings (SSSR count). The number of carbonyl (C=O) groups excluding carboxylic acids is 1. The standard InChI is InChI=1S/C20H18N4O3S/c1-10-4-6-13(18(25)11(10)2)15-9-16(24-23-15)19(26)22-20-21-14-7-5-12(27-3)8-17(14)28-20/h4-9,25H,1-3H3,(H,23,24)(H,21,22,26). The number of aromatic hydroxyl groups is 1. The summed E-state index contributed by atoms with van der Waals surface area (Å²) in [4.78, 5) is 17.0. The maximum Gasteiger partial charge on any atom is 0.275 e. The van der Waals surface area contributed by atoms with Crippen molar-refractivity contribution in [2.75, 3.05) is 12.4 Å². The zero-order valence-electron chi connectivity index (χ0n) is 15.5. The summed E-state index contributed by atoms with van der Waals surface area (Å²) >= 11 is 1.36. The number of nitrogens with one attached hydrogen (secondary N) is 2. The number of phenols is 1. The molecule has 0 saturated carbocycles. The van der Waals surface area contributed by atoms with E-state index in [0.29, 0.717) is 16.4 Å². The van der Waals surface area contributed by atoms with Gasteiger partial charge < -0.3 is 9.84 Å². The van der Waals surface area contributed by atoms with Crippen LogP contribution in [-0.4, -0.2) is 33.3 Å². The minimum atomic E-state index is -0.354. The highest BCUT2D eigenvalue weighted by atomic mass is 32.1. The molecule has 0 saturated heterocycles. The lowest BCUT2D eigenvalue weighted by Gasteiger charge is -2.07. The number of phenolic OH excluding ortho intramolecular Hbond substituents is 1. The summed E-state index contributed by atoms with van der Waals surface area (Å²) in [6, 6.07) is 10.8. The number of ether oxygens (including phenoxy) is 1. The number of thiazole rings is 1. The fourth-order valence-electron chi connectivity index (χ4n) is 2.83. The molecule has 2 heterocycles. The van der Waals surface area contributed by atoms with E-state index in [9.17, 15) is 9.90 Å². The molecule has 0 bridgehead atoms. The second kappa shape index (κ2) is 6.97. The van der Waals surface area contributed by atoms with Crippen molar-refractivity contribution in [3.05, 3.63) is 53.2 Å². The van der Waals surface area contributed by atoms with Crippen LogP contribution in [0.2, 0.25) is 0 Å². The third kappa shape index (κ3) is 3.18. The van der Waals surface area contributed by atoms with Gasteiger partial charge in [-0.3, -0.25) is 15.2 Å². The van der Waals surface area contributed by atoms with Gasteiger partial charge in [-0.2, -0.15) is 5.10 Å². The first-order valence-corrected chi connectivity index (χ1v) is 9.39. The van der Waals surface area contributed by atoms with Gasteiger partial charge in [0.05, 0.1) is 23.0 Å². The molecule has 0 fully saturated rings. The van der Waals surface area contributed by atoms with E-state index in [1.165, 1.54) is 11.3 Å². The molecule has 0 aliphatic heterocycles. The molecule has 142 valence electrons. The number of aromatic amines is 1. The second-order valence-electron chi connectivity index (χ2n) is 6.38. The fraction of sp³-hybridized carbons (Fsp3) is 0.150. The number of carbonyl (C=O) groups is 1. The Morgan fingerprint density at radius 1 is 1.21 bits per heavy atom. The molecule has 2 aromatic heterocycles. The average Bonchev–Trinajstić information content (AvgIpc) is 3.32. The maximum atomic E-state index is 12.6. The van der Waals surface area contributed by atoms with Crippen molar-refractivity contribution < 1.29 is 14.6 Å². The highest BCUT2D eigenvalue weighted by Crippen LogP contribution is 2.33. The third-order valence-electron chi connectivity index (χ3n) is 4.62. The predicted molar refractivity (Wildman–Crippen MR) is 109 cm³/mol. The van der Waals surface area contributed by atoms with Gasteiger partial charge in [-0.15, -0.1) is 0 Å². The van der Waals surface area contributed by atoms with Crippen LogP contribution in [-0.2, 0) is 0 Å². The zero-order valence-corrected chi connectivity index (χ0v) is 16.3. The van der Waals surface area contributed by atoms with Crippen LogP contribution in [0.25, 0.3) is 21.5 Å². The molecule has 0 spiro atoms. The first kappa shape index (κ1) is 18.0. The number of fused-ring (bicyclic) bond motifs is 1. The normalized spacial score (nSPS) is 11.0. The summed E-state index contributed by atoms with van der Waals surface area (Å²) in [6.45, 7) is 3.77. The number of nitrogens with zero attached hydrogens (tertiary/aromatic N) is 2. The molecule has 0 aliphatic carbocycles. The highest BCUT2D eigenvalue weighted by Gasteiger charge is 2.16. The van der Waals surface area contributed by atoms with E-state index < -0.39 is 0 Å². The van der Waals surface area contributed by atoms with Crippen LogP contribution in [0.15, 0.2) is 36.4 Å². The Morgan fingerprint density at radius 3 is 2.82 bits per heavy atom. The van der Waals surface area contributed by atoms with Gasteiger partial charge in [-0.1, -0.05) is 17.4 Å². The molecule has 0 radical (unpaired) electrons. The maximum absolute atomic E-state index is 12.6. The van der Waals surface area contributed by atoms with E-state index in [4.69, 9.17) is 4.74 Å². The van der Waals surface area contributed by atoms with Crippen LogP contribution in [0.3, 0.4) is 0 Å². The summed E-state index contributed by atoms with van der Waals surface area (Å²) in [5.41, 5.74) is 3.92. The minimum Gasteiger partial charge on any atom is -0.507 e. The Labute approximate surface area is 165 Å². The number of hydrogen-bond acceptors (Lipinski definition) is 6. The van der Waals surface area contributed by atoms with Gasteiger partial charge in [0.15, 0.2) is 5.13 Å². The Hall–Kier alpha value is -3.39. The summed E-state index contributed by atoms with van der Waals surface area (Å²) in [6.07, 6.45) is 0. The first-order valence-electron chi connectivity index (χ1n) is 8.57. The molecular formula is C20H18N4O3S. The van der Waals surface area contributed by atoms with Crippen molar-refractivity contribution in [2.24, 2.45) is 0 Å². The van der Waals surface area contributed by atoms with Gasteiger partial charge in [0.2, 0.25) is 0 Å². The van der Waals surface area contributed by atoms with Crippen LogP contribution in [0.1, 0.15) is 21.6 Å². The number of rotatable bonds is 4. The molecule has 1 amide bonds. The Morgan fingerprint density at radius 2 is 2.04 bits per heavy atom. The number of H-pyrrole nitrogens is 1. The first-order chi connectivity index (χ1) is 13.5. The smallest absolute Gasteiger partial charge is 0.275 e. The summed E-state index contributed by atoms with van der Waals surface area (Å²) in [5.74, 6) is 0.548. The van der Waals surface area contributed by atoms with Gasteiger partial charge >= 0.3 is 0 Å². The van der Waals surface area contributed by atoms with E-state index >= 15 is 0 Å². The van der Waals surface area contributed by atoms with Crippen LogP contribution in [0.5, 0.6) is 11.5 Å². The topological polar surface area (TPSA) is 100 Å². The predicted octanol–water partition coefficient (Wildman–Crippen LogP) is 4.27. The van der Waals surface area contributed by atoms with Crippen LogP contribution >= 0.6 is 11.3 Å². The number of methoxy groups -OCH3 is 1. The SMILES string of the molecule is COc1ccc2nc(NC(=O)c3cc(-c4ccc(C)c(C)c4O)n[nH]3)sc2c1. The molecule has 3 N–H and O–H groups in total. The lowest BCUT2D eigenvalue weighted by Crippen LogP contribution is -2.11. The summed E-state index contributed by atoms with van der Waals surface area (Å²) in [7, 11) is 1.61. The van der Waals surface area contributed by atoms with Crippen molar-refractivity contribution in [1.29, 1.82) is 0 Å². The molecule has 8 heteroatoms. The van der Waals surface area contributed by atoms with Crippen molar-refractivity contribution in [3.63, 3.8) is 0 Å². The van der Waals surface area contributed by atoms with Gasteiger partial charge in [0.1, 0.15) is 17.2 Å². The van der Waals surface area contributed by atoms with Crippen LogP contribution in [0.4, 0.5) is 5.13 Å². The van der Waals surface area contributed by atoms with Crippen molar-refractivity contribution in [1.82, 2.24) is 15.2 Å². The molecule has 0 unspecified atom stereocenters. The van der Waals surface area contributed by atoms with Gasteiger partial charge in [0.25, 0.3) is 5.91 Å². The van der Waals surface area contributed by atoms with Crippen LogP contribution in [0, 0.1) is 13.8 Å². The third-order valence-corrected chi connectivity index (χ3v) is 5.55. The molecule has 0 atom stereocenters. The minimum absolute atomic E-state index is 0.165. The molecule has 28 heavy (non-hydrogen) atoms. The molecular weight excluding hydrogens is 376 g/mol. The quantitative estimate of drug-likeness (QED) is 0.480. The lowest BCUT2D eigenvalue weighted by molar-refractivity contribution is 0.102. The molecule has 4 aromatic rings. The van der Waals surface area contributed by atoms with E-state index in [1.807, 2.05) is 38.1 Å². The number of anilines is 1. The van der Waals surface area contributed by atoms with E-state index in [2.05, 4.69) is 20.5 Å². The number of benzene rings is 2. The average molecular weight is 394 g/mol. The number of aryl methyl sites for hydroxylation is 1. The summed E-state index contributed by atoms with van der Waals surface area (Å²) in [5, 5.41) is 20.5. The van der Waals surface area contributed by atoms with E-state index in [0.717, 1.165) is 27.1 Å². The van der Waals surface area contributed by atoms with E-state index in [-0.39, 0.29) is 17.4 Å². The number of hydrogen-bond donors (Lipinski definition) is 3. The highest BCUT2D eigenvalue weighted by molar-refractivity contribution is 7.22. The Balaban J connectivity index is 1.57. The zero-order chi connectivity index (χ0) is 19.8. The van der Waals surface area contributed by atoms with Gasteiger partial charge in [-0.25, -0.2) is 4.98 Å². The molecule has 7 nitrogen and oxygen atoms in total. The van der Waals surface area contributed by atoms with Crippen LogP contribution < -0.4 is 10.1 Å². The van der Waals surface area contributed by atoms with Crippen molar-refractivity contribution in [3.8, 4) is 22.8 Å². The number of aromatic nitrogens is 3. The Kier molecular flexibility index (Phi) is 4.48. The summed E-state index contributed by atoms with van der Waals surface area (Å²) < 4.78 is 6.13. The number of amides is 1. The van der Waals surface area contributed by atoms with Gasteiger partial charge in [0, 0.05) is 5.56 Å². The monoisotopic (exact) mass is 394 g/mol. The van der Waals surface area contributed by atoms with E-state index in [1.54, 1.807) is 19.2 Å². The molecule has 0 aliphatic rings. The fourth-order valence-corrected chi connectivity index (χ4v) is 3.72. The molecule has 2 aromatic carbocycles. The van der Waals surface area contributed by atoms with Crippen molar-refractivity contribution in [2.45, 2.75) is 13.8 Å². The Bertz CT molecular complexity index is 1200. The lowest BCUT2D eigenvalue weighted by atomic mass is 10.0.